The molecule has 1 aliphatic rings. The first-order valence-corrected chi connectivity index (χ1v) is 10.2. The van der Waals surface area contributed by atoms with Gasteiger partial charge in [0.05, 0.1) is 0 Å². The van der Waals surface area contributed by atoms with Crippen LogP contribution in [0.3, 0.4) is 0 Å². The third kappa shape index (κ3) is 5.13. The molecule has 1 saturated heterocycles. The third-order valence-electron chi connectivity index (χ3n) is 5.20. The molecule has 1 aliphatic heterocycles. The van der Waals surface area contributed by atoms with Crippen molar-refractivity contribution < 1.29 is 13.6 Å². The number of benzene rings is 1. The molecule has 0 bridgehead atoms. The molecule has 0 radical (unpaired) electrons. The normalized spacial score (nSPS) is 18.2. The number of rotatable bonds is 8. The number of hydrogen-bond acceptors (Lipinski definition) is 4. The Bertz CT molecular complexity index is 947. The summed E-state index contributed by atoms with van der Waals surface area (Å²) in [6, 6.07) is 5.86. The number of carbonyl (C=O) groups excluding carboxylic acids is 1. The zero-order valence-electron chi connectivity index (χ0n) is 17.3. The monoisotopic (exact) mass is 409 g/mol. The predicted molar refractivity (Wildman–Crippen MR) is 116 cm³/mol. The molecule has 2 aromatic rings. The first-order chi connectivity index (χ1) is 14.5. The van der Waals surface area contributed by atoms with Crippen LogP contribution in [0.1, 0.15) is 49.4 Å². The van der Waals surface area contributed by atoms with Crippen molar-refractivity contribution in [2.75, 3.05) is 6.54 Å². The molecule has 158 valence electrons. The largest absolute Gasteiger partial charge is 0.446 e. The van der Waals surface area contributed by atoms with Gasteiger partial charge in [-0.2, -0.15) is 0 Å². The Hall–Kier alpha value is -2.99. The van der Waals surface area contributed by atoms with Crippen molar-refractivity contribution in [2.45, 2.75) is 44.7 Å². The molecule has 0 spiro atoms. The Labute approximate surface area is 176 Å². The summed E-state index contributed by atoms with van der Waals surface area (Å²) in [5.74, 6) is 0.172. The van der Waals surface area contributed by atoms with Crippen LogP contribution in [0.4, 0.5) is 4.39 Å². The lowest BCUT2D eigenvalue weighted by atomic mass is 10.0. The summed E-state index contributed by atoms with van der Waals surface area (Å²) in [6.45, 7) is 6.30. The second kappa shape index (κ2) is 10.2. The van der Waals surface area contributed by atoms with Crippen LogP contribution in [0.5, 0.6) is 0 Å². The van der Waals surface area contributed by atoms with E-state index in [2.05, 4.69) is 11.6 Å². The maximum atomic E-state index is 13.9. The van der Waals surface area contributed by atoms with Gasteiger partial charge in [-0.15, -0.1) is 0 Å². The highest BCUT2D eigenvalue weighted by molar-refractivity contribution is 5.77. The first kappa shape index (κ1) is 21.7. The van der Waals surface area contributed by atoms with Crippen molar-refractivity contribution in [1.29, 1.82) is 0 Å². The highest BCUT2D eigenvalue weighted by atomic mass is 19.1. The van der Waals surface area contributed by atoms with Gasteiger partial charge in [0.15, 0.2) is 0 Å². The van der Waals surface area contributed by atoms with E-state index < -0.39 is 6.04 Å². The number of nitrogens with two attached hydrogens (primary N) is 1. The van der Waals surface area contributed by atoms with E-state index in [9.17, 15) is 9.18 Å². The van der Waals surface area contributed by atoms with Crippen molar-refractivity contribution in [3.63, 3.8) is 0 Å². The first-order valence-electron chi connectivity index (χ1n) is 10.2. The lowest BCUT2D eigenvalue weighted by molar-refractivity contribution is -0.132. The van der Waals surface area contributed by atoms with E-state index >= 15 is 0 Å². The Balaban J connectivity index is 1.68. The van der Waals surface area contributed by atoms with E-state index in [1.807, 2.05) is 25.2 Å². The van der Waals surface area contributed by atoms with Crippen molar-refractivity contribution in [2.24, 2.45) is 5.73 Å². The SMILES string of the molecule is C=CC=C(C=CC)c1coc(C2CCCN2C(=O)CC(N)Cc2ccccc2F)n1. The molecule has 5 nitrogen and oxygen atoms in total. The van der Waals surface area contributed by atoms with Crippen LogP contribution in [0.25, 0.3) is 5.57 Å². The summed E-state index contributed by atoms with van der Waals surface area (Å²) in [5.41, 5.74) is 8.29. The molecule has 3 rings (SSSR count). The topological polar surface area (TPSA) is 72.4 Å². The lowest BCUT2D eigenvalue weighted by Gasteiger charge is -2.24. The Morgan fingerprint density at radius 1 is 1.47 bits per heavy atom. The second-order valence-electron chi connectivity index (χ2n) is 7.43. The summed E-state index contributed by atoms with van der Waals surface area (Å²) in [5, 5.41) is 0. The fourth-order valence-corrected chi connectivity index (χ4v) is 3.79. The number of aromatic nitrogens is 1. The van der Waals surface area contributed by atoms with Crippen LogP contribution in [0.2, 0.25) is 0 Å². The Morgan fingerprint density at radius 3 is 3.00 bits per heavy atom. The quantitative estimate of drug-likeness (QED) is 0.648. The molecule has 1 amide bonds. The minimum absolute atomic E-state index is 0.0589. The summed E-state index contributed by atoms with van der Waals surface area (Å²) in [7, 11) is 0. The minimum Gasteiger partial charge on any atom is -0.446 e. The molecule has 2 unspecified atom stereocenters. The van der Waals surface area contributed by atoms with Gasteiger partial charge in [-0.3, -0.25) is 4.79 Å². The van der Waals surface area contributed by atoms with Gasteiger partial charge in [0.1, 0.15) is 23.8 Å². The number of nitrogens with zero attached hydrogens (tertiary/aromatic N) is 2. The van der Waals surface area contributed by atoms with Gasteiger partial charge in [-0.05, 0) is 37.8 Å². The molecule has 0 aliphatic carbocycles. The average molecular weight is 410 g/mol. The fourth-order valence-electron chi connectivity index (χ4n) is 3.79. The molecule has 2 heterocycles. The molecular formula is C24H28FN3O2. The number of amides is 1. The van der Waals surface area contributed by atoms with Crippen LogP contribution in [-0.4, -0.2) is 28.4 Å². The van der Waals surface area contributed by atoms with E-state index in [0.29, 0.717) is 30.1 Å². The summed E-state index contributed by atoms with van der Waals surface area (Å²) in [4.78, 5) is 19.3. The second-order valence-corrected chi connectivity index (χ2v) is 7.43. The van der Waals surface area contributed by atoms with E-state index in [1.54, 1.807) is 35.4 Å². The van der Waals surface area contributed by atoms with E-state index in [0.717, 1.165) is 18.4 Å². The van der Waals surface area contributed by atoms with Crippen molar-refractivity contribution in [1.82, 2.24) is 9.88 Å². The van der Waals surface area contributed by atoms with Crippen molar-refractivity contribution >= 4 is 11.5 Å². The highest BCUT2D eigenvalue weighted by Gasteiger charge is 2.34. The molecule has 0 saturated carbocycles. The van der Waals surface area contributed by atoms with Crippen LogP contribution in [-0.2, 0) is 11.2 Å². The molecular weight excluding hydrogens is 381 g/mol. The Kier molecular flexibility index (Phi) is 7.36. The summed E-state index contributed by atoms with van der Waals surface area (Å²) in [6.07, 6.45) is 11.2. The van der Waals surface area contributed by atoms with Crippen molar-refractivity contribution in [3.8, 4) is 0 Å². The maximum Gasteiger partial charge on any atom is 0.224 e. The van der Waals surface area contributed by atoms with Gasteiger partial charge in [-0.25, -0.2) is 9.37 Å². The third-order valence-corrected chi connectivity index (χ3v) is 5.20. The number of carbonyl (C=O) groups is 1. The molecule has 2 atom stereocenters. The maximum absolute atomic E-state index is 13.9. The number of allylic oxidation sites excluding steroid dienone is 5. The van der Waals surface area contributed by atoms with Crippen LogP contribution < -0.4 is 5.73 Å². The molecule has 1 fully saturated rings. The van der Waals surface area contributed by atoms with Crippen LogP contribution >= 0.6 is 0 Å². The molecule has 30 heavy (non-hydrogen) atoms. The van der Waals surface area contributed by atoms with Crippen LogP contribution in [0, 0.1) is 5.82 Å². The molecule has 2 N–H and O–H groups in total. The zero-order valence-corrected chi connectivity index (χ0v) is 17.3. The Morgan fingerprint density at radius 2 is 2.27 bits per heavy atom. The van der Waals surface area contributed by atoms with E-state index in [4.69, 9.17) is 10.2 Å². The number of hydrogen-bond donors (Lipinski definition) is 1. The van der Waals surface area contributed by atoms with Gasteiger partial charge in [-0.1, -0.05) is 49.1 Å². The predicted octanol–water partition coefficient (Wildman–Crippen LogP) is 4.58. The van der Waals surface area contributed by atoms with Gasteiger partial charge in [0.2, 0.25) is 11.8 Å². The van der Waals surface area contributed by atoms with Gasteiger partial charge in [0.25, 0.3) is 0 Å². The summed E-state index contributed by atoms with van der Waals surface area (Å²) >= 11 is 0. The fraction of sp³-hybridized carbons (Fsp3) is 0.333. The van der Waals surface area contributed by atoms with E-state index in [1.165, 1.54) is 6.07 Å². The molecule has 1 aromatic heterocycles. The van der Waals surface area contributed by atoms with Gasteiger partial charge >= 0.3 is 0 Å². The van der Waals surface area contributed by atoms with Gasteiger partial charge < -0.3 is 15.1 Å². The van der Waals surface area contributed by atoms with E-state index in [-0.39, 0.29) is 24.2 Å². The van der Waals surface area contributed by atoms with Crippen molar-refractivity contribution in [3.05, 3.63) is 84.4 Å². The average Bonchev–Trinajstić information content (AvgIpc) is 3.39. The van der Waals surface area contributed by atoms with Gasteiger partial charge in [0, 0.05) is 24.6 Å². The number of likely N-dealkylation sites (tertiary alicyclic amines) is 1. The number of oxazole rings is 1. The zero-order chi connectivity index (χ0) is 21.5. The standard InChI is InChI=1S/C24H28FN3O2/c1-3-8-17(9-4-2)21-16-30-24(27-21)22-12-7-13-28(22)23(29)15-19(26)14-18-10-5-6-11-20(18)25/h3-6,8-11,16,19,22H,1,7,12-15,26H2,2H3. The summed E-state index contributed by atoms with van der Waals surface area (Å²) < 4.78 is 19.6. The molecule has 6 heteroatoms. The number of halogens is 1. The van der Waals surface area contributed by atoms with Crippen LogP contribution in [0.15, 0.2) is 65.8 Å². The lowest BCUT2D eigenvalue weighted by Crippen LogP contribution is -2.36. The smallest absolute Gasteiger partial charge is 0.224 e. The highest BCUT2D eigenvalue weighted by Crippen LogP contribution is 2.33. The molecule has 1 aromatic carbocycles. The minimum atomic E-state index is -0.451.